The minimum atomic E-state index is -4.72. The Bertz CT molecular complexity index is 616. The van der Waals surface area contributed by atoms with E-state index in [1.54, 1.807) is 0 Å². The van der Waals surface area contributed by atoms with Crippen LogP contribution in [0.5, 0.6) is 0 Å². The molecule has 0 aliphatic carbocycles. The summed E-state index contributed by atoms with van der Waals surface area (Å²) in [5.41, 5.74) is -1.77. The van der Waals surface area contributed by atoms with Crippen molar-refractivity contribution in [2.45, 2.75) is 19.0 Å². The first-order valence-electron chi connectivity index (χ1n) is 5.52. The zero-order chi connectivity index (χ0) is 15.8. The quantitative estimate of drug-likeness (QED) is 0.614. The number of halogens is 4. The van der Waals surface area contributed by atoms with E-state index in [0.717, 1.165) is 6.07 Å². The third-order valence-corrected chi connectivity index (χ3v) is 2.83. The van der Waals surface area contributed by atoms with Gasteiger partial charge in [-0.25, -0.2) is 9.78 Å². The van der Waals surface area contributed by atoms with Gasteiger partial charge in [0.1, 0.15) is 10.8 Å². The molecule has 1 aliphatic rings. The predicted molar refractivity (Wildman–Crippen MR) is 60.8 cm³/mol. The molecule has 6 nitrogen and oxygen atoms in total. The zero-order valence-electron chi connectivity index (χ0n) is 10.1. The lowest BCUT2D eigenvalue weighted by atomic mass is 10.2. The van der Waals surface area contributed by atoms with E-state index in [1.807, 2.05) is 0 Å². The van der Waals surface area contributed by atoms with E-state index in [-0.39, 0.29) is 17.9 Å². The van der Waals surface area contributed by atoms with Gasteiger partial charge in [-0.15, -0.1) is 5.06 Å². The number of carbonyl (C=O) groups excluding carboxylic acids is 3. The first-order valence-corrected chi connectivity index (χ1v) is 5.90. The normalized spacial score (nSPS) is 15.5. The van der Waals surface area contributed by atoms with Crippen molar-refractivity contribution in [2.24, 2.45) is 0 Å². The van der Waals surface area contributed by atoms with Crippen molar-refractivity contribution in [2.75, 3.05) is 0 Å². The molecule has 2 heterocycles. The van der Waals surface area contributed by atoms with Gasteiger partial charge in [-0.3, -0.25) is 9.59 Å². The third-order valence-electron chi connectivity index (χ3n) is 2.54. The van der Waals surface area contributed by atoms with Crippen molar-refractivity contribution in [3.63, 3.8) is 0 Å². The number of imide groups is 1. The van der Waals surface area contributed by atoms with Gasteiger partial charge in [0, 0.05) is 12.8 Å². The second kappa shape index (κ2) is 5.32. The second-order valence-electron chi connectivity index (χ2n) is 3.99. The van der Waals surface area contributed by atoms with Crippen LogP contribution in [0.4, 0.5) is 13.2 Å². The number of amides is 2. The first-order chi connectivity index (χ1) is 9.70. The maximum atomic E-state index is 12.4. The molecule has 21 heavy (non-hydrogen) atoms. The molecule has 0 N–H and O–H groups in total. The van der Waals surface area contributed by atoms with Crippen LogP contribution in [0, 0.1) is 0 Å². The fourth-order valence-electron chi connectivity index (χ4n) is 1.53. The zero-order valence-corrected chi connectivity index (χ0v) is 10.9. The molecule has 1 aromatic rings. The summed E-state index contributed by atoms with van der Waals surface area (Å²) in [6.45, 7) is 0. The van der Waals surface area contributed by atoms with E-state index in [4.69, 9.17) is 11.6 Å². The lowest BCUT2D eigenvalue weighted by molar-refractivity contribution is -0.172. The number of hydrogen-bond donors (Lipinski definition) is 0. The standard InChI is InChI=1S/C11H6ClF3N2O4/c12-9-5(1-2-6(16-9)11(13,14)15)10(20)21-17-7(18)3-4-8(17)19/h1-2H,3-4H2. The number of carbonyl (C=O) groups is 3. The molecule has 0 spiro atoms. The van der Waals surface area contributed by atoms with E-state index >= 15 is 0 Å². The molecule has 0 saturated carbocycles. The summed E-state index contributed by atoms with van der Waals surface area (Å²) in [6.07, 6.45) is -4.93. The predicted octanol–water partition coefficient (Wildman–Crippen LogP) is 1.97. The molecule has 0 atom stereocenters. The summed E-state index contributed by atoms with van der Waals surface area (Å²) in [7, 11) is 0. The molecule has 2 amide bonds. The van der Waals surface area contributed by atoms with Crippen LogP contribution in [0.25, 0.3) is 0 Å². The Morgan fingerprint density at radius 2 is 1.81 bits per heavy atom. The van der Waals surface area contributed by atoms with Crippen molar-refractivity contribution in [3.8, 4) is 0 Å². The molecule has 1 aromatic heterocycles. The maximum absolute atomic E-state index is 12.4. The van der Waals surface area contributed by atoms with Crippen molar-refractivity contribution >= 4 is 29.4 Å². The van der Waals surface area contributed by atoms with Gasteiger partial charge in [0.25, 0.3) is 11.8 Å². The van der Waals surface area contributed by atoms with Crippen LogP contribution < -0.4 is 0 Å². The molecular weight excluding hydrogens is 317 g/mol. The highest BCUT2D eigenvalue weighted by atomic mass is 35.5. The largest absolute Gasteiger partial charge is 0.433 e. The average molecular weight is 323 g/mol. The van der Waals surface area contributed by atoms with Gasteiger partial charge in [-0.1, -0.05) is 11.6 Å². The Labute approximate surface area is 120 Å². The monoisotopic (exact) mass is 322 g/mol. The molecule has 112 valence electrons. The average Bonchev–Trinajstić information content (AvgIpc) is 2.69. The number of aromatic nitrogens is 1. The van der Waals surface area contributed by atoms with Crippen LogP contribution in [0.3, 0.4) is 0 Å². The molecule has 1 aliphatic heterocycles. The number of pyridine rings is 1. The fraction of sp³-hybridized carbons (Fsp3) is 0.273. The Balaban J connectivity index is 2.20. The summed E-state index contributed by atoms with van der Waals surface area (Å²) < 4.78 is 37.2. The van der Waals surface area contributed by atoms with E-state index in [1.165, 1.54) is 0 Å². The smallest absolute Gasteiger partial charge is 0.325 e. The van der Waals surface area contributed by atoms with Gasteiger partial charge < -0.3 is 4.84 Å². The summed E-state index contributed by atoms with van der Waals surface area (Å²) in [4.78, 5) is 41.8. The van der Waals surface area contributed by atoms with Gasteiger partial charge in [0.05, 0.1) is 5.56 Å². The number of nitrogens with zero attached hydrogens (tertiary/aromatic N) is 2. The minimum Gasteiger partial charge on any atom is -0.325 e. The Morgan fingerprint density at radius 1 is 1.24 bits per heavy atom. The molecule has 10 heteroatoms. The fourth-order valence-corrected chi connectivity index (χ4v) is 1.77. The van der Waals surface area contributed by atoms with E-state index in [0.29, 0.717) is 6.07 Å². The molecule has 0 aromatic carbocycles. The van der Waals surface area contributed by atoms with Crippen LogP contribution in [0.2, 0.25) is 5.15 Å². The number of hydroxylamine groups is 2. The lowest BCUT2D eigenvalue weighted by Crippen LogP contribution is -2.32. The lowest BCUT2D eigenvalue weighted by Gasteiger charge is -2.13. The van der Waals surface area contributed by atoms with Crippen LogP contribution >= 0.6 is 11.6 Å². The third kappa shape index (κ3) is 3.13. The topological polar surface area (TPSA) is 76.6 Å². The van der Waals surface area contributed by atoms with Crippen LogP contribution in [0.1, 0.15) is 28.9 Å². The first kappa shape index (κ1) is 15.2. The van der Waals surface area contributed by atoms with Gasteiger partial charge >= 0.3 is 12.1 Å². The molecule has 0 bridgehead atoms. The van der Waals surface area contributed by atoms with Crippen molar-refractivity contribution < 1.29 is 32.4 Å². The van der Waals surface area contributed by atoms with Crippen molar-refractivity contribution in [1.29, 1.82) is 0 Å². The van der Waals surface area contributed by atoms with Crippen molar-refractivity contribution in [1.82, 2.24) is 10.0 Å². The van der Waals surface area contributed by atoms with Crippen LogP contribution in [-0.2, 0) is 20.6 Å². The van der Waals surface area contributed by atoms with Crippen LogP contribution in [-0.4, -0.2) is 27.8 Å². The highest BCUT2D eigenvalue weighted by Crippen LogP contribution is 2.29. The van der Waals surface area contributed by atoms with E-state index in [9.17, 15) is 27.6 Å². The Hall–Kier alpha value is -2.16. The molecule has 2 rings (SSSR count). The number of hydrogen-bond acceptors (Lipinski definition) is 5. The van der Waals surface area contributed by atoms with Crippen molar-refractivity contribution in [3.05, 3.63) is 28.5 Å². The summed E-state index contributed by atoms with van der Waals surface area (Å²) >= 11 is 5.49. The maximum Gasteiger partial charge on any atom is 0.433 e. The highest BCUT2D eigenvalue weighted by Gasteiger charge is 2.35. The van der Waals surface area contributed by atoms with Gasteiger partial charge in [-0.05, 0) is 12.1 Å². The SMILES string of the molecule is O=C(ON1C(=O)CCC1=O)c1ccc(C(F)(F)F)nc1Cl. The van der Waals surface area contributed by atoms with E-state index in [2.05, 4.69) is 9.82 Å². The Morgan fingerprint density at radius 3 is 2.29 bits per heavy atom. The molecule has 0 unspecified atom stereocenters. The van der Waals surface area contributed by atoms with Gasteiger partial charge in [-0.2, -0.15) is 13.2 Å². The second-order valence-corrected chi connectivity index (χ2v) is 4.35. The number of rotatable bonds is 2. The minimum absolute atomic E-state index is 0.106. The molecule has 1 saturated heterocycles. The van der Waals surface area contributed by atoms with Gasteiger partial charge in [0.15, 0.2) is 0 Å². The Kier molecular flexibility index (Phi) is 3.86. The molecule has 0 radical (unpaired) electrons. The van der Waals surface area contributed by atoms with Gasteiger partial charge in [0.2, 0.25) is 0 Å². The number of alkyl halides is 3. The van der Waals surface area contributed by atoms with Crippen LogP contribution in [0.15, 0.2) is 12.1 Å². The molecule has 1 fully saturated rings. The highest BCUT2D eigenvalue weighted by molar-refractivity contribution is 6.32. The summed E-state index contributed by atoms with van der Waals surface area (Å²) in [6, 6.07) is 1.29. The van der Waals surface area contributed by atoms with E-state index < -0.39 is 40.4 Å². The summed E-state index contributed by atoms with van der Waals surface area (Å²) in [5.74, 6) is -2.68. The summed E-state index contributed by atoms with van der Waals surface area (Å²) in [5, 5.41) is -0.481. The molecular formula is C11H6ClF3N2O4.